The molecule has 106 valence electrons. The Morgan fingerprint density at radius 1 is 1.05 bits per heavy atom. The Kier molecular flexibility index (Phi) is 4.80. The highest BCUT2D eigenvalue weighted by molar-refractivity contribution is 5.34. The Morgan fingerprint density at radius 2 is 1.80 bits per heavy atom. The highest BCUT2D eigenvalue weighted by Gasteiger charge is 2.10. The van der Waals surface area contributed by atoms with Crippen molar-refractivity contribution >= 4 is 0 Å². The molecule has 2 aromatic rings. The van der Waals surface area contributed by atoms with Gasteiger partial charge in [0, 0.05) is 0 Å². The first-order valence-electron chi connectivity index (χ1n) is 7.07. The molecule has 0 aliphatic carbocycles. The van der Waals surface area contributed by atoms with Crippen LogP contribution in [0.3, 0.4) is 0 Å². The number of hydrogen-bond acceptors (Lipinski definition) is 2. The summed E-state index contributed by atoms with van der Waals surface area (Å²) in [6.45, 7) is 6.50. The van der Waals surface area contributed by atoms with E-state index in [1.807, 2.05) is 36.4 Å². The lowest BCUT2D eigenvalue weighted by Gasteiger charge is -2.15. The summed E-state index contributed by atoms with van der Waals surface area (Å²) in [7, 11) is 0. The summed E-state index contributed by atoms with van der Waals surface area (Å²) in [6, 6.07) is 14.0. The van der Waals surface area contributed by atoms with Crippen molar-refractivity contribution in [3.05, 3.63) is 64.7 Å². The molecule has 0 aliphatic heterocycles. The number of aliphatic hydroxyl groups excluding tert-OH is 1. The van der Waals surface area contributed by atoms with Crippen LogP contribution in [-0.2, 0) is 6.42 Å². The normalized spacial score (nSPS) is 12.2. The predicted octanol–water partition coefficient (Wildman–Crippen LogP) is 3.98. The van der Waals surface area contributed by atoms with Gasteiger partial charge in [-0.2, -0.15) is 0 Å². The molecule has 2 rings (SSSR count). The topological polar surface area (TPSA) is 29.5 Å². The van der Waals surface area contributed by atoms with E-state index in [9.17, 15) is 5.11 Å². The van der Waals surface area contributed by atoms with Gasteiger partial charge in [-0.15, -0.1) is 0 Å². The first kappa shape index (κ1) is 14.6. The van der Waals surface area contributed by atoms with Crippen LogP contribution < -0.4 is 4.74 Å². The zero-order valence-corrected chi connectivity index (χ0v) is 12.4. The van der Waals surface area contributed by atoms with Gasteiger partial charge in [0.1, 0.15) is 18.5 Å². The molecule has 1 N–H and O–H groups in total. The third kappa shape index (κ3) is 3.40. The lowest BCUT2D eigenvalue weighted by atomic mass is 10.0. The molecule has 2 aromatic carbocycles. The van der Waals surface area contributed by atoms with Gasteiger partial charge in [0.25, 0.3) is 0 Å². The van der Waals surface area contributed by atoms with E-state index in [0.29, 0.717) is 0 Å². The van der Waals surface area contributed by atoms with Crippen LogP contribution >= 0.6 is 0 Å². The second kappa shape index (κ2) is 6.58. The van der Waals surface area contributed by atoms with Gasteiger partial charge in [-0.25, -0.2) is 0 Å². The van der Waals surface area contributed by atoms with E-state index in [1.54, 1.807) is 0 Å². The van der Waals surface area contributed by atoms with Gasteiger partial charge in [-0.1, -0.05) is 43.3 Å². The van der Waals surface area contributed by atoms with E-state index in [0.717, 1.165) is 17.7 Å². The van der Waals surface area contributed by atoms with Gasteiger partial charge >= 0.3 is 0 Å². The molecule has 0 aromatic heterocycles. The average Bonchev–Trinajstić information content (AvgIpc) is 2.47. The maximum atomic E-state index is 10.2. The average molecular weight is 270 g/mol. The van der Waals surface area contributed by atoms with Crippen LogP contribution in [0.1, 0.15) is 35.3 Å². The molecular formula is C18H22O2. The summed E-state index contributed by atoms with van der Waals surface area (Å²) in [4.78, 5) is 0. The largest absolute Gasteiger partial charge is 0.490 e. The van der Waals surface area contributed by atoms with Crippen LogP contribution in [0.4, 0.5) is 0 Å². The minimum absolute atomic E-state index is 0.277. The number of aryl methyl sites for hydroxylation is 3. The van der Waals surface area contributed by atoms with E-state index in [-0.39, 0.29) is 6.61 Å². The number of aliphatic hydroxyl groups is 1. The van der Waals surface area contributed by atoms with E-state index in [2.05, 4.69) is 26.8 Å². The molecule has 0 spiro atoms. The molecule has 0 heterocycles. The fraction of sp³-hybridized carbons (Fsp3) is 0.333. The molecule has 0 fully saturated rings. The minimum Gasteiger partial charge on any atom is -0.490 e. The first-order chi connectivity index (χ1) is 9.61. The van der Waals surface area contributed by atoms with Crippen LogP contribution in [0.2, 0.25) is 0 Å². The lowest BCUT2D eigenvalue weighted by Crippen LogP contribution is -2.10. The van der Waals surface area contributed by atoms with Crippen molar-refractivity contribution < 1.29 is 9.84 Å². The van der Waals surface area contributed by atoms with Crippen molar-refractivity contribution in [2.75, 3.05) is 6.61 Å². The maximum Gasteiger partial charge on any atom is 0.122 e. The summed E-state index contributed by atoms with van der Waals surface area (Å²) in [5.41, 5.74) is 4.50. The SMILES string of the molecule is CCc1ccccc1OCC(O)c1ccc(C)c(C)c1. The van der Waals surface area contributed by atoms with E-state index >= 15 is 0 Å². The Balaban J connectivity index is 2.04. The van der Waals surface area contributed by atoms with E-state index in [4.69, 9.17) is 4.74 Å². The standard InChI is InChI=1S/C18H22O2/c1-4-15-7-5-6-8-18(15)20-12-17(19)16-10-9-13(2)14(3)11-16/h5-11,17,19H,4,12H2,1-3H3. The molecule has 0 saturated heterocycles. The Bertz CT molecular complexity index is 575. The maximum absolute atomic E-state index is 10.2. The Morgan fingerprint density at radius 3 is 2.50 bits per heavy atom. The van der Waals surface area contributed by atoms with Crippen molar-refractivity contribution in [2.45, 2.75) is 33.3 Å². The van der Waals surface area contributed by atoms with Crippen LogP contribution in [0.25, 0.3) is 0 Å². The number of rotatable bonds is 5. The summed E-state index contributed by atoms with van der Waals surface area (Å²) in [6.07, 6.45) is 0.329. The monoisotopic (exact) mass is 270 g/mol. The molecular weight excluding hydrogens is 248 g/mol. The van der Waals surface area contributed by atoms with E-state index in [1.165, 1.54) is 16.7 Å². The van der Waals surface area contributed by atoms with Crippen LogP contribution in [0.5, 0.6) is 5.75 Å². The zero-order chi connectivity index (χ0) is 14.5. The molecule has 0 amide bonds. The van der Waals surface area contributed by atoms with Gasteiger partial charge in [-0.3, -0.25) is 0 Å². The van der Waals surface area contributed by atoms with Gasteiger partial charge < -0.3 is 9.84 Å². The fourth-order valence-electron chi connectivity index (χ4n) is 2.17. The molecule has 0 bridgehead atoms. The molecule has 20 heavy (non-hydrogen) atoms. The molecule has 0 radical (unpaired) electrons. The molecule has 2 heteroatoms. The zero-order valence-electron chi connectivity index (χ0n) is 12.4. The smallest absolute Gasteiger partial charge is 0.122 e. The van der Waals surface area contributed by atoms with Gasteiger partial charge in [0.15, 0.2) is 0 Å². The summed E-state index contributed by atoms with van der Waals surface area (Å²) in [5.74, 6) is 0.859. The van der Waals surface area contributed by atoms with Gasteiger partial charge in [0.2, 0.25) is 0 Å². The van der Waals surface area contributed by atoms with Crippen molar-refractivity contribution in [3.63, 3.8) is 0 Å². The molecule has 0 saturated carbocycles. The predicted molar refractivity (Wildman–Crippen MR) is 82.2 cm³/mol. The van der Waals surface area contributed by atoms with Crippen LogP contribution in [0.15, 0.2) is 42.5 Å². The van der Waals surface area contributed by atoms with E-state index < -0.39 is 6.10 Å². The molecule has 0 aliphatic rings. The van der Waals surface area contributed by atoms with Gasteiger partial charge in [-0.05, 0) is 48.6 Å². The Hall–Kier alpha value is -1.80. The minimum atomic E-state index is -0.598. The quantitative estimate of drug-likeness (QED) is 0.890. The third-order valence-corrected chi connectivity index (χ3v) is 3.67. The van der Waals surface area contributed by atoms with Crippen LogP contribution in [0, 0.1) is 13.8 Å². The fourth-order valence-corrected chi connectivity index (χ4v) is 2.17. The molecule has 1 atom stereocenters. The second-order valence-corrected chi connectivity index (χ2v) is 5.13. The van der Waals surface area contributed by atoms with Crippen molar-refractivity contribution in [1.82, 2.24) is 0 Å². The summed E-state index contributed by atoms with van der Waals surface area (Å²) in [5, 5.41) is 10.2. The Labute approximate surface area is 121 Å². The number of ether oxygens (including phenoxy) is 1. The number of hydrogen-bond donors (Lipinski definition) is 1. The first-order valence-corrected chi connectivity index (χ1v) is 7.07. The summed E-state index contributed by atoms with van der Waals surface area (Å²) < 4.78 is 5.76. The lowest BCUT2D eigenvalue weighted by molar-refractivity contribution is 0.107. The molecule has 2 nitrogen and oxygen atoms in total. The summed E-state index contributed by atoms with van der Waals surface area (Å²) >= 11 is 0. The highest BCUT2D eigenvalue weighted by Crippen LogP contribution is 2.22. The van der Waals surface area contributed by atoms with Crippen molar-refractivity contribution in [3.8, 4) is 5.75 Å². The number of para-hydroxylation sites is 1. The van der Waals surface area contributed by atoms with Crippen molar-refractivity contribution in [2.24, 2.45) is 0 Å². The molecule has 1 unspecified atom stereocenters. The highest BCUT2D eigenvalue weighted by atomic mass is 16.5. The van der Waals surface area contributed by atoms with Crippen molar-refractivity contribution in [1.29, 1.82) is 0 Å². The van der Waals surface area contributed by atoms with Gasteiger partial charge in [0.05, 0.1) is 0 Å². The number of benzene rings is 2. The third-order valence-electron chi connectivity index (χ3n) is 3.67. The van der Waals surface area contributed by atoms with Crippen LogP contribution in [-0.4, -0.2) is 11.7 Å². The second-order valence-electron chi connectivity index (χ2n) is 5.13.